The summed E-state index contributed by atoms with van der Waals surface area (Å²) >= 11 is 0. The summed E-state index contributed by atoms with van der Waals surface area (Å²) in [6.45, 7) is 1.91. The minimum absolute atomic E-state index is 0.135. The van der Waals surface area contributed by atoms with Crippen molar-refractivity contribution < 1.29 is 18.7 Å². The third-order valence-corrected chi connectivity index (χ3v) is 5.68. The van der Waals surface area contributed by atoms with E-state index in [2.05, 4.69) is 30.7 Å². The summed E-state index contributed by atoms with van der Waals surface area (Å²) in [7, 11) is 0. The van der Waals surface area contributed by atoms with E-state index in [1.54, 1.807) is 0 Å². The molecule has 1 atom stereocenters. The van der Waals surface area contributed by atoms with Gasteiger partial charge in [-0.3, -0.25) is 0 Å². The minimum Gasteiger partial charge on any atom is -0.493 e. The van der Waals surface area contributed by atoms with E-state index in [0.717, 1.165) is 31.4 Å². The molecule has 0 heterocycles. The highest BCUT2D eigenvalue weighted by Gasteiger charge is 2.26. The number of alkyl halides is 1. The van der Waals surface area contributed by atoms with Crippen LogP contribution in [-0.4, -0.2) is 24.9 Å². The van der Waals surface area contributed by atoms with E-state index in [4.69, 9.17) is 9.47 Å². The summed E-state index contributed by atoms with van der Waals surface area (Å²) in [5.41, 5.74) is 1.43. The molecular weight excluding hydrogens is 331 g/mol. The van der Waals surface area contributed by atoms with Gasteiger partial charge in [-0.05, 0) is 94.2 Å². The topological polar surface area (TPSA) is 35.5 Å². The quantitative estimate of drug-likeness (QED) is 0.638. The molecule has 2 fully saturated rings. The Morgan fingerprint density at radius 2 is 1.73 bits per heavy atom. The highest BCUT2D eigenvalue weighted by atomic mass is 19.1. The SMILES string of the molecule is C[C@H](F)C(=O)OC1CCC(COc2ccc(C3CC[CH]CC3)cc2)CC1. The van der Waals surface area contributed by atoms with Crippen LogP contribution < -0.4 is 4.74 Å². The van der Waals surface area contributed by atoms with Gasteiger partial charge in [0.2, 0.25) is 0 Å². The van der Waals surface area contributed by atoms with Gasteiger partial charge in [0, 0.05) is 0 Å². The Balaban J connectivity index is 1.39. The molecule has 2 aliphatic rings. The molecule has 0 N–H and O–H groups in total. The number of carbonyl (C=O) groups is 1. The van der Waals surface area contributed by atoms with Gasteiger partial charge in [0.1, 0.15) is 11.9 Å². The second-order valence-electron chi connectivity index (χ2n) is 7.72. The molecule has 0 aliphatic heterocycles. The summed E-state index contributed by atoms with van der Waals surface area (Å²) in [5.74, 6) is 1.36. The molecule has 26 heavy (non-hydrogen) atoms. The number of halogens is 1. The predicted molar refractivity (Wildman–Crippen MR) is 99.9 cm³/mol. The Bertz CT molecular complexity index is 555. The molecule has 0 spiro atoms. The van der Waals surface area contributed by atoms with Crippen molar-refractivity contribution in [3.05, 3.63) is 36.2 Å². The first kappa shape index (κ1) is 19.2. The number of hydrogen-bond acceptors (Lipinski definition) is 3. The molecule has 0 amide bonds. The molecule has 1 aromatic carbocycles. The first-order chi connectivity index (χ1) is 12.6. The lowest BCUT2D eigenvalue weighted by Crippen LogP contribution is -2.29. The van der Waals surface area contributed by atoms with E-state index in [0.29, 0.717) is 18.4 Å². The third-order valence-electron chi connectivity index (χ3n) is 5.68. The molecule has 0 saturated heterocycles. The number of rotatable bonds is 6. The zero-order valence-electron chi connectivity index (χ0n) is 15.7. The number of benzene rings is 1. The van der Waals surface area contributed by atoms with Crippen LogP contribution in [0.5, 0.6) is 5.75 Å². The normalized spacial score (nSPS) is 25.5. The first-order valence-electron chi connectivity index (χ1n) is 10.0. The summed E-state index contributed by atoms with van der Waals surface area (Å²) in [6.07, 6.45) is 9.19. The van der Waals surface area contributed by atoms with E-state index in [9.17, 15) is 9.18 Å². The van der Waals surface area contributed by atoms with Crippen LogP contribution in [0.15, 0.2) is 24.3 Å². The number of ether oxygens (including phenoxy) is 2. The highest BCUT2D eigenvalue weighted by molar-refractivity contribution is 5.74. The third kappa shape index (κ3) is 5.46. The van der Waals surface area contributed by atoms with Crippen molar-refractivity contribution in [3.63, 3.8) is 0 Å². The maximum atomic E-state index is 12.9. The van der Waals surface area contributed by atoms with Crippen LogP contribution in [-0.2, 0) is 9.53 Å². The monoisotopic (exact) mass is 361 g/mol. The average molecular weight is 361 g/mol. The molecule has 0 bridgehead atoms. The molecule has 3 rings (SSSR count). The lowest BCUT2D eigenvalue weighted by molar-refractivity contribution is -0.156. The van der Waals surface area contributed by atoms with Crippen LogP contribution in [0.2, 0.25) is 0 Å². The highest BCUT2D eigenvalue weighted by Crippen LogP contribution is 2.33. The number of hydrogen-bond donors (Lipinski definition) is 0. The van der Waals surface area contributed by atoms with Crippen molar-refractivity contribution >= 4 is 5.97 Å². The van der Waals surface area contributed by atoms with Gasteiger partial charge >= 0.3 is 5.97 Å². The lowest BCUT2D eigenvalue weighted by Gasteiger charge is -2.28. The fourth-order valence-corrected chi connectivity index (χ4v) is 3.98. The number of carbonyl (C=O) groups excluding carboxylic acids is 1. The van der Waals surface area contributed by atoms with Crippen molar-refractivity contribution in [1.29, 1.82) is 0 Å². The molecule has 1 radical (unpaired) electrons. The zero-order valence-corrected chi connectivity index (χ0v) is 15.7. The Labute approximate surface area is 156 Å². The lowest BCUT2D eigenvalue weighted by atomic mass is 9.84. The Morgan fingerprint density at radius 1 is 1.08 bits per heavy atom. The zero-order chi connectivity index (χ0) is 18.4. The van der Waals surface area contributed by atoms with Crippen LogP contribution >= 0.6 is 0 Å². The van der Waals surface area contributed by atoms with Crippen molar-refractivity contribution in [1.82, 2.24) is 0 Å². The van der Waals surface area contributed by atoms with Crippen LogP contribution in [0.25, 0.3) is 0 Å². The van der Waals surface area contributed by atoms with Gasteiger partial charge in [-0.25, -0.2) is 9.18 Å². The van der Waals surface area contributed by atoms with Crippen molar-refractivity contribution in [2.75, 3.05) is 6.61 Å². The molecule has 0 unspecified atom stereocenters. The summed E-state index contributed by atoms with van der Waals surface area (Å²) in [5, 5.41) is 0. The molecule has 4 heteroatoms. The van der Waals surface area contributed by atoms with Gasteiger partial charge in [0.05, 0.1) is 6.61 Å². The Hall–Kier alpha value is -1.58. The van der Waals surface area contributed by atoms with Crippen molar-refractivity contribution in [3.8, 4) is 5.75 Å². The standard InChI is InChI=1S/C22H30FO3/c1-16(23)22(24)26-21-11-7-17(8-12-21)15-25-20-13-9-19(10-14-20)18-5-3-2-4-6-18/h2,9-10,13-14,16-18,21H,3-8,11-12,15H2,1H3/t16-,17?,21?/m0/s1. The van der Waals surface area contributed by atoms with Gasteiger partial charge in [0.25, 0.3) is 0 Å². The summed E-state index contributed by atoms with van der Waals surface area (Å²) in [4.78, 5) is 11.3. The second-order valence-corrected chi connectivity index (χ2v) is 7.72. The van der Waals surface area contributed by atoms with Crippen molar-refractivity contribution in [2.45, 2.75) is 76.5 Å². The summed E-state index contributed by atoms with van der Waals surface area (Å²) in [6, 6.07) is 8.59. The Kier molecular flexibility index (Phi) is 6.93. The Morgan fingerprint density at radius 3 is 2.35 bits per heavy atom. The van der Waals surface area contributed by atoms with Crippen LogP contribution in [0.4, 0.5) is 4.39 Å². The molecule has 0 aromatic heterocycles. The predicted octanol–water partition coefficient (Wildman–Crippen LogP) is 5.39. The van der Waals surface area contributed by atoms with Gasteiger partial charge in [-0.2, -0.15) is 0 Å². The van der Waals surface area contributed by atoms with E-state index >= 15 is 0 Å². The van der Waals surface area contributed by atoms with E-state index in [1.807, 2.05) is 0 Å². The molecular formula is C22H30FO3. The number of esters is 1. The largest absolute Gasteiger partial charge is 0.493 e. The van der Waals surface area contributed by atoms with E-state index < -0.39 is 12.1 Å². The van der Waals surface area contributed by atoms with Gasteiger partial charge in [0.15, 0.2) is 6.17 Å². The van der Waals surface area contributed by atoms with Crippen LogP contribution in [0.3, 0.4) is 0 Å². The van der Waals surface area contributed by atoms with E-state index in [1.165, 1.54) is 38.2 Å². The maximum absolute atomic E-state index is 12.9. The van der Waals surface area contributed by atoms with Crippen molar-refractivity contribution in [2.24, 2.45) is 5.92 Å². The second kappa shape index (κ2) is 9.38. The maximum Gasteiger partial charge on any atom is 0.340 e. The first-order valence-corrected chi connectivity index (χ1v) is 10.0. The fraction of sp³-hybridized carbons (Fsp3) is 0.636. The average Bonchev–Trinajstić information content (AvgIpc) is 2.68. The molecule has 3 nitrogen and oxygen atoms in total. The van der Waals surface area contributed by atoms with Gasteiger partial charge < -0.3 is 9.47 Å². The molecule has 2 aliphatic carbocycles. The summed E-state index contributed by atoms with van der Waals surface area (Å²) < 4.78 is 24.0. The van der Waals surface area contributed by atoms with E-state index in [-0.39, 0.29) is 6.10 Å². The minimum atomic E-state index is -1.54. The van der Waals surface area contributed by atoms with Crippen LogP contribution in [0, 0.1) is 12.3 Å². The smallest absolute Gasteiger partial charge is 0.340 e. The van der Waals surface area contributed by atoms with Gasteiger partial charge in [-0.15, -0.1) is 0 Å². The molecule has 143 valence electrons. The molecule has 2 saturated carbocycles. The molecule has 1 aromatic rings. The van der Waals surface area contributed by atoms with Crippen LogP contribution in [0.1, 0.15) is 69.8 Å². The van der Waals surface area contributed by atoms with Gasteiger partial charge in [-0.1, -0.05) is 12.1 Å². The fourth-order valence-electron chi connectivity index (χ4n) is 3.98.